The number of carbonyl (C=O) groups is 3. The van der Waals surface area contributed by atoms with Gasteiger partial charge >= 0.3 is 5.97 Å². The Morgan fingerprint density at radius 2 is 1.89 bits per heavy atom. The molecule has 0 fully saturated rings. The Balaban J connectivity index is 1.86. The molecule has 1 aliphatic heterocycles. The molecule has 0 radical (unpaired) electrons. The number of carboxylic acid groups (broad SMARTS) is 1. The molecule has 9 heteroatoms. The highest BCUT2D eigenvalue weighted by atomic mass is 35.5. The molecule has 2 amide bonds. The van der Waals surface area contributed by atoms with Crippen LogP contribution in [0.25, 0.3) is 0 Å². The normalized spacial score (nSPS) is 13.8. The first-order valence-electron chi connectivity index (χ1n) is 8.63. The van der Waals surface area contributed by atoms with E-state index in [0.717, 1.165) is 0 Å². The highest BCUT2D eigenvalue weighted by Gasteiger charge is 2.21. The number of rotatable bonds is 8. The van der Waals surface area contributed by atoms with Crippen LogP contribution in [0, 0.1) is 5.92 Å². The Bertz CT molecular complexity index is 722. The number of amides is 2. The molecule has 8 nitrogen and oxygen atoms in total. The van der Waals surface area contributed by atoms with Gasteiger partial charge in [0.2, 0.25) is 11.8 Å². The number of hydrogen-bond acceptors (Lipinski definition) is 5. The molecular formula is C18H23ClN2O6. The van der Waals surface area contributed by atoms with Gasteiger partial charge in [0.1, 0.15) is 19.3 Å². The van der Waals surface area contributed by atoms with Gasteiger partial charge in [-0.3, -0.25) is 9.59 Å². The van der Waals surface area contributed by atoms with E-state index in [1.165, 1.54) is 0 Å². The van der Waals surface area contributed by atoms with Crippen molar-refractivity contribution in [3.8, 4) is 11.5 Å². The van der Waals surface area contributed by atoms with E-state index in [1.54, 1.807) is 12.1 Å². The summed E-state index contributed by atoms with van der Waals surface area (Å²) in [4.78, 5) is 35.1. The third-order valence-corrected chi connectivity index (χ3v) is 4.09. The highest BCUT2D eigenvalue weighted by molar-refractivity contribution is 6.32. The van der Waals surface area contributed by atoms with Crippen molar-refractivity contribution in [3.05, 3.63) is 22.7 Å². The van der Waals surface area contributed by atoms with Gasteiger partial charge in [0.25, 0.3) is 0 Å². The number of carbonyl (C=O) groups excluding carboxylic acids is 2. The molecule has 1 aromatic carbocycles. The maximum Gasteiger partial charge on any atom is 0.326 e. The SMILES string of the molecule is CC(C)C[C@H](NC(=O)CNC(=O)Cc1cc(Cl)c2c(c1)OCCO2)C(=O)O. The molecule has 148 valence electrons. The number of halogens is 1. The van der Waals surface area contributed by atoms with Crippen molar-refractivity contribution >= 4 is 29.4 Å². The number of fused-ring (bicyclic) bond motifs is 1. The Morgan fingerprint density at radius 3 is 2.56 bits per heavy atom. The predicted octanol–water partition coefficient (Wildman–Crippen LogP) is 1.39. The van der Waals surface area contributed by atoms with E-state index in [2.05, 4.69) is 10.6 Å². The lowest BCUT2D eigenvalue weighted by Crippen LogP contribution is -2.46. The first-order chi connectivity index (χ1) is 12.8. The first-order valence-corrected chi connectivity index (χ1v) is 9.01. The van der Waals surface area contributed by atoms with Crippen LogP contribution in [0.4, 0.5) is 0 Å². The second-order valence-electron chi connectivity index (χ2n) is 6.64. The molecule has 2 rings (SSSR count). The summed E-state index contributed by atoms with van der Waals surface area (Å²) < 4.78 is 10.9. The zero-order valence-corrected chi connectivity index (χ0v) is 16.0. The standard InChI is InChI=1S/C18H23ClN2O6/c1-10(2)5-13(18(24)25)21-16(23)9-20-15(22)8-11-6-12(19)17-14(7-11)26-3-4-27-17/h6-7,10,13H,3-5,8-9H2,1-2H3,(H,20,22)(H,21,23)(H,24,25)/t13-/m0/s1. The van der Waals surface area contributed by atoms with E-state index in [1.807, 2.05) is 13.8 Å². The molecule has 0 spiro atoms. The summed E-state index contributed by atoms with van der Waals surface area (Å²) in [7, 11) is 0. The van der Waals surface area contributed by atoms with Crippen LogP contribution < -0.4 is 20.1 Å². The fourth-order valence-electron chi connectivity index (χ4n) is 2.63. The average molecular weight is 399 g/mol. The van der Waals surface area contributed by atoms with Gasteiger partial charge in [-0.05, 0) is 30.0 Å². The van der Waals surface area contributed by atoms with E-state index >= 15 is 0 Å². The van der Waals surface area contributed by atoms with Crippen molar-refractivity contribution in [2.45, 2.75) is 32.7 Å². The topological polar surface area (TPSA) is 114 Å². The van der Waals surface area contributed by atoms with Crippen molar-refractivity contribution < 1.29 is 29.0 Å². The summed E-state index contributed by atoms with van der Waals surface area (Å²) in [6.45, 7) is 4.24. The van der Waals surface area contributed by atoms with Gasteiger partial charge in [0.15, 0.2) is 11.5 Å². The van der Waals surface area contributed by atoms with Crippen molar-refractivity contribution in [2.75, 3.05) is 19.8 Å². The number of nitrogens with one attached hydrogen (secondary N) is 2. The molecular weight excluding hydrogens is 376 g/mol. The lowest BCUT2D eigenvalue weighted by atomic mass is 10.0. The lowest BCUT2D eigenvalue weighted by molar-refractivity contribution is -0.142. The monoisotopic (exact) mass is 398 g/mol. The fraction of sp³-hybridized carbons (Fsp3) is 0.500. The van der Waals surface area contributed by atoms with Gasteiger partial charge in [-0.1, -0.05) is 25.4 Å². The minimum absolute atomic E-state index is 0.00199. The summed E-state index contributed by atoms with van der Waals surface area (Å²) in [6, 6.07) is 2.30. The Morgan fingerprint density at radius 1 is 1.19 bits per heavy atom. The fourth-order valence-corrected chi connectivity index (χ4v) is 2.92. The van der Waals surface area contributed by atoms with Crippen molar-refractivity contribution in [2.24, 2.45) is 5.92 Å². The van der Waals surface area contributed by atoms with Crippen LogP contribution >= 0.6 is 11.6 Å². The second-order valence-corrected chi connectivity index (χ2v) is 7.05. The van der Waals surface area contributed by atoms with E-state index in [0.29, 0.717) is 41.7 Å². The first kappa shape index (κ1) is 20.8. The summed E-state index contributed by atoms with van der Waals surface area (Å²) in [5, 5.41) is 14.4. The number of benzene rings is 1. The molecule has 0 aliphatic carbocycles. The van der Waals surface area contributed by atoms with Gasteiger partial charge < -0.3 is 25.2 Å². The Hall–Kier alpha value is -2.48. The Kier molecular flexibility index (Phi) is 7.29. The quantitative estimate of drug-likeness (QED) is 0.609. The van der Waals surface area contributed by atoms with Crippen LogP contribution in [0.15, 0.2) is 12.1 Å². The van der Waals surface area contributed by atoms with Crippen LogP contribution in [0.1, 0.15) is 25.8 Å². The molecule has 1 atom stereocenters. The van der Waals surface area contributed by atoms with Crippen LogP contribution in [0.2, 0.25) is 5.02 Å². The average Bonchev–Trinajstić information content (AvgIpc) is 2.59. The van der Waals surface area contributed by atoms with Crippen LogP contribution in [-0.4, -0.2) is 48.7 Å². The van der Waals surface area contributed by atoms with Crippen LogP contribution in [-0.2, 0) is 20.8 Å². The third kappa shape index (κ3) is 6.32. The number of ether oxygens (including phenoxy) is 2. The van der Waals surface area contributed by atoms with E-state index in [9.17, 15) is 14.4 Å². The molecule has 1 aromatic rings. The van der Waals surface area contributed by atoms with E-state index in [4.69, 9.17) is 26.2 Å². The zero-order chi connectivity index (χ0) is 20.0. The minimum atomic E-state index is -1.10. The van der Waals surface area contributed by atoms with Gasteiger partial charge in [-0.2, -0.15) is 0 Å². The summed E-state index contributed by atoms with van der Waals surface area (Å²) in [5.41, 5.74) is 0.616. The number of hydrogen-bond donors (Lipinski definition) is 3. The lowest BCUT2D eigenvalue weighted by Gasteiger charge is -2.20. The summed E-state index contributed by atoms with van der Waals surface area (Å²) in [5.74, 6) is -1.01. The van der Waals surface area contributed by atoms with Crippen LogP contribution in [0.5, 0.6) is 11.5 Å². The molecule has 0 unspecified atom stereocenters. The number of aliphatic carboxylic acids is 1. The number of carboxylic acids is 1. The molecule has 27 heavy (non-hydrogen) atoms. The zero-order valence-electron chi connectivity index (χ0n) is 15.2. The maximum atomic E-state index is 12.1. The molecule has 0 aromatic heterocycles. The van der Waals surface area contributed by atoms with Crippen molar-refractivity contribution in [3.63, 3.8) is 0 Å². The molecule has 1 heterocycles. The van der Waals surface area contributed by atoms with Crippen LogP contribution in [0.3, 0.4) is 0 Å². The molecule has 1 aliphatic rings. The van der Waals surface area contributed by atoms with E-state index < -0.39 is 23.8 Å². The smallest absolute Gasteiger partial charge is 0.326 e. The van der Waals surface area contributed by atoms with Gasteiger partial charge in [0.05, 0.1) is 18.0 Å². The molecule has 0 saturated heterocycles. The largest absolute Gasteiger partial charge is 0.486 e. The molecule has 0 bridgehead atoms. The maximum absolute atomic E-state index is 12.1. The highest BCUT2D eigenvalue weighted by Crippen LogP contribution is 2.38. The van der Waals surface area contributed by atoms with Gasteiger partial charge in [-0.25, -0.2) is 4.79 Å². The van der Waals surface area contributed by atoms with Gasteiger partial charge in [0, 0.05) is 0 Å². The second kappa shape index (κ2) is 9.45. The Labute approximate surface area is 162 Å². The summed E-state index contributed by atoms with van der Waals surface area (Å²) in [6.07, 6.45) is 0.308. The predicted molar refractivity (Wildman–Crippen MR) is 98.2 cm³/mol. The van der Waals surface area contributed by atoms with Crippen molar-refractivity contribution in [1.82, 2.24) is 10.6 Å². The third-order valence-electron chi connectivity index (χ3n) is 3.81. The summed E-state index contributed by atoms with van der Waals surface area (Å²) >= 11 is 6.13. The molecule has 0 saturated carbocycles. The van der Waals surface area contributed by atoms with Crippen molar-refractivity contribution in [1.29, 1.82) is 0 Å². The van der Waals surface area contributed by atoms with Gasteiger partial charge in [-0.15, -0.1) is 0 Å². The van der Waals surface area contributed by atoms with E-state index in [-0.39, 0.29) is 18.9 Å². The minimum Gasteiger partial charge on any atom is -0.486 e. The molecule has 3 N–H and O–H groups in total.